The summed E-state index contributed by atoms with van der Waals surface area (Å²) < 4.78 is 0. The van der Waals surface area contributed by atoms with Crippen LogP contribution in [0.15, 0.2) is 24.3 Å². The van der Waals surface area contributed by atoms with Crippen LogP contribution in [-0.2, 0) is 15.1 Å². The standard InChI is InChI=1S/C12H14N2O3/c1-8(15)14-12(11(16)17)6-7-13-10-5-3-2-4-9(10)12/h2-5,13H,6-7H2,1H3,(H,14,15)(H,16,17). The second kappa shape index (κ2) is 4.08. The number of fused-ring (bicyclic) bond motifs is 1. The molecule has 0 fully saturated rings. The molecule has 1 unspecified atom stereocenters. The normalized spacial score (nSPS) is 22.2. The number of amides is 1. The number of carbonyl (C=O) groups excluding carboxylic acids is 1. The number of benzene rings is 1. The Morgan fingerprint density at radius 2 is 2.12 bits per heavy atom. The molecule has 17 heavy (non-hydrogen) atoms. The van der Waals surface area contributed by atoms with Gasteiger partial charge >= 0.3 is 5.97 Å². The van der Waals surface area contributed by atoms with Gasteiger partial charge in [0, 0.05) is 31.1 Å². The summed E-state index contributed by atoms with van der Waals surface area (Å²) in [4.78, 5) is 22.8. The molecule has 0 saturated carbocycles. The number of nitrogens with one attached hydrogen (secondary N) is 2. The summed E-state index contributed by atoms with van der Waals surface area (Å²) in [5, 5.41) is 15.1. The first-order valence-corrected chi connectivity index (χ1v) is 5.42. The Labute approximate surface area is 98.8 Å². The van der Waals surface area contributed by atoms with Gasteiger partial charge < -0.3 is 15.7 Å². The van der Waals surface area contributed by atoms with Crippen molar-refractivity contribution >= 4 is 17.6 Å². The summed E-state index contributed by atoms with van der Waals surface area (Å²) >= 11 is 0. The third-order valence-corrected chi connectivity index (χ3v) is 2.96. The van der Waals surface area contributed by atoms with Gasteiger partial charge in [-0.25, -0.2) is 4.79 Å². The first-order chi connectivity index (χ1) is 8.06. The summed E-state index contributed by atoms with van der Waals surface area (Å²) in [7, 11) is 0. The van der Waals surface area contributed by atoms with Gasteiger partial charge in [0.1, 0.15) is 0 Å². The van der Waals surface area contributed by atoms with Gasteiger partial charge in [0.2, 0.25) is 5.91 Å². The molecule has 0 saturated heterocycles. The summed E-state index contributed by atoms with van der Waals surface area (Å²) in [6.45, 7) is 1.85. The number of carboxylic acid groups (broad SMARTS) is 1. The highest BCUT2D eigenvalue weighted by Crippen LogP contribution is 2.35. The molecule has 0 radical (unpaired) electrons. The molecule has 3 N–H and O–H groups in total. The van der Waals surface area contributed by atoms with Crippen LogP contribution in [0, 0.1) is 0 Å². The summed E-state index contributed by atoms with van der Waals surface area (Å²) in [5.41, 5.74) is 0.0528. The van der Waals surface area contributed by atoms with Crippen molar-refractivity contribution in [3.05, 3.63) is 29.8 Å². The van der Waals surface area contributed by atoms with E-state index in [0.29, 0.717) is 18.5 Å². The smallest absolute Gasteiger partial charge is 0.334 e. The Morgan fingerprint density at radius 3 is 2.76 bits per heavy atom. The van der Waals surface area contributed by atoms with E-state index in [0.717, 1.165) is 5.69 Å². The van der Waals surface area contributed by atoms with Crippen LogP contribution < -0.4 is 10.6 Å². The Balaban J connectivity index is 2.55. The molecule has 90 valence electrons. The number of aliphatic carboxylic acids is 1. The fourth-order valence-corrected chi connectivity index (χ4v) is 2.23. The lowest BCUT2D eigenvalue weighted by Crippen LogP contribution is -2.54. The minimum absolute atomic E-state index is 0.332. The van der Waals surface area contributed by atoms with E-state index in [1.54, 1.807) is 12.1 Å². The zero-order chi connectivity index (χ0) is 12.5. The fraction of sp³-hybridized carbons (Fsp3) is 0.333. The number of carbonyl (C=O) groups is 2. The molecule has 1 amide bonds. The van der Waals surface area contributed by atoms with E-state index in [4.69, 9.17) is 0 Å². The van der Waals surface area contributed by atoms with Gasteiger partial charge in [-0.1, -0.05) is 18.2 Å². The quantitative estimate of drug-likeness (QED) is 0.711. The van der Waals surface area contributed by atoms with E-state index >= 15 is 0 Å². The molecule has 0 bridgehead atoms. The SMILES string of the molecule is CC(=O)NC1(C(=O)O)CCNc2ccccc21. The first kappa shape index (κ1) is 11.4. The van der Waals surface area contributed by atoms with Gasteiger partial charge in [-0.05, 0) is 6.07 Å². The molecule has 2 rings (SSSR count). The van der Waals surface area contributed by atoms with Gasteiger partial charge in [-0.2, -0.15) is 0 Å². The van der Waals surface area contributed by atoms with Gasteiger partial charge in [0.05, 0.1) is 0 Å². The maximum absolute atomic E-state index is 11.5. The molecule has 0 aliphatic carbocycles. The largest absolute Gasteiger partial charge is 0.479 e. The van der Waals surface area contributed by atoms with Gasteiger partial charge in [-0.3, -0.25) is 4.79 Å². The lowest BCUT2D eigenvalue weighted by molar-refractivity contribution is -0.148. The van der Waals surface area contributed by atoms with E-state index in [-0.39, 0.29) is 5.91 Å². The lowest BCUT2D eigenvalue weighted by Gasteiger charge is -2.36. The number of anilines is 1. The van der Waals surface area contributed by atoms with E-state index in [2.05, 4.69) is 10.6 Å². The predicted octanol–water partition coefficient (Wildman–Crippen LogP) is 0.918. The molecular formula is C12H14N2O3. The molecule has 1 aromatic carbocycles. The first-order valence-electron chi connectivity index (χ1n) is 5.42. The van der Waals surface area contributed by atoms with Crippen molar-refractivity contribution in [2.24, 2.45) is 0 Å². The van der Waals surface area contributed by atoms with Crippen LogP contribution in [0.5, 0.6) is 0 Å². The molecule has 5 nitrogen and oxygen atoms in total. The highest BCUT2D eigenvalue weighted by molar-refractivity contribution is 5.89. The molecular weight excluding hydrogens is 220 g/mol. The molecule has 1 aliphatic rings. The third kappa shape index (κ3) is 1.84. The molecule has 1 heterocycles. The van der Waals surface area contributed by atoms with Crippen LogP contribution >= 0.6 is 0 Å². The average Bonchev–Trinajstić information content (AvgIpc) is 2.28. The van der Waals surface area contributed by atoms with Crippen LogP contribution in [0.2, 0.25) is 0 Å². The Bertz CT molecular complexity index is 473. The molecule has 0 spiro atoms. The summed E-state index contributed by atoms with van der Waals surface area (Å²) in [6.07, 6.45) is 0.332. The van der Waals surface area contributed by atoms with Crippen LogP contribution in [0.25, 0.3) is 0 Å². The van der Waals surface area contributed by atoms with Crippen molar-refractivity contribution < 1.29 is 14.7 Å². The van der Waals surface area contributed by atoms with Gasteiger partial charge in [-0.15, -0.1) is 0 Å². The third-order valence-electron chi connectivity index (χ3n) is 2.96. The minimum Gasteiger partial charge on any atom is -0.479 e. The average molecular weight is 234 g/mol. The Kier molecular flexibility index (Phi) is 2.75. The van der Waals surface area contributed by atoms with Crippen molar-refractivity contribution in [3.63, 3.8) is 0 Å². The van der Waals surface area contributed by atoms with E-state index < -0.39 is 11.5 Å². The lowest BCUT2D eigenvalue weighted by atomic mass is 9.82. The van der Waals surface area contributed by atoms with Crippen molar-refractivity contribution in [2.75, 3.05) is 11.9 Å². The van der Waals surface area contributed by atoms with Crippen LogP contribution in [0.1, 0.15) is 18.9 Å². The summed E-state index contributed by atoms with van der Waals surface area (Å²) in [5.74, 6) is -1.37. The van der Waals surface area contributed by atoms with Gasteiger partial charge in [0.15, 0.2) is 5.54 Å². The second-order valence-electron chi connectivity index (χ2n) is 4.11. The van der Waals surface area contributed by atoms with E-state index in [9.17, 15) is 14.7 Å². The zero-order valence-electron chi connectivity index (χ0n) is 9.49. The van der Waals surface area contributed by atoms with E-state index in [1.807, 2.05) is 12.1 Å². The number of carboxylic acids is 1. The van der Waals surface area contributed by atoms with Crippen LogP contribution in [-0.4, -0.2) is 23.5 Å². The number of hydrogen-bond donors (Lipinski definition) is 3. The van der Waals surface area contributed by atoms with Crippen LogP contribution in [0.4, 0.5) is 5.69 Å². The second-order valence-corrected chi connectivity index (χ2v) is 4.11. The fourth-order valence-electron chi connectivity index (χ4n) is 2.23. The maximum Gasteiger partial charge on any atom is 0.334 e. The topological polar surface area (TPSA) is 78.4 Å². The molecule has 5 heteroatoms. The number of rotatable bonds is 2. The van der Waals surface area contributed by atoms with Crippen molar-refractivity contribution in [3.8, 4) is 0 Å². The summed E-state index contributed by atoms with van der Waals surface area (Å²) in [6, 6.07) is 7.14. The van der Waals surface area contributed by atoms with E-state index in [1.165, 1.54) is 6.92 Å². The highest BCUT2D eigenvalue weighted by Gasteiger charge is 2.44. The number of para-hydroxylation sites is 1. The van der Waals surface area contributed by atoms with Crippen molar-refractivity contribution in [1.29, 1.82) is 0 Å². The Hall–Kier alpha value is -2.04. The minimum atomic E-state index is -1.31. The van der Waals surface area contributed by atoms with Crippen LogP contribution in [0.3, 0.4) is 0 Å². The van der Waals surface area contributed by atoms with Crippen molar-refractivity contribution in [1.82, 2.24) is 5.32 Å². The Morgan fingerprint density at radius 1 is 1.41 bits per heavy atom. The van der Waals surface area contributed by atoms with Gasteiger partial charge in [0.25, 0.3) is 0 Å². The molecule has 1 aliphatic heterocycles. The number of hydrogen-bond acceptors (Lipinski definition) is 3. The maximum atomic E-state index is 11.5. The van der Waals surface area contributed by atoms with Crippen molar-refractivity contribution in [2.45, 2.75) is 18.9 Å². The predicted molar refractivity (Wildman–Crippen MR) is 62.7 cm³/mol. The molecule has 0 aromatic heterocycles. The molecule has 1 aromatic rings. The zero-order valence-corrected chi connectivity index (χ0v) is 9.49. The molecule has 1 atom stereocenters. The highest BCUT2D eigenvalue weighted by atomic mass is 16.4. The monoisotopic (exact) mass is 234 g/mol.